The summed E-state index contributed by atoms with van der Waals surface area (Å²) in [5.41, 5.74) is 2.56. The van der Waals surface area contributed by atoms with Gasteiger partial charge in [0.25, 0.3) is 0 Å². The van der Waals surface area contributed by atoms with Crippen LogP contribution >= 0.6 is 0 Å². The molecule has 0 aliphatic rings. The molecule has 0 spiro atoms. The highest BCUT2D eigenvalue weighted by Crippen LogP contribution is 2.42. The van der Waals surface area contributed by atoms with Crippen LogP contribution in [-0.4, -0.2) is 51.0 Å². The molecule has 0 bridgehead atoms. The van der Waals surface area contributed by atoms with Crippen molar-refractivity contribution in [2.24, 2.45) is 5.92 Å². The van der Waals surface area contributed by atoms with E-state index in [9.17, 15) is 30.6 Å². The zero-order valence-corrected chi connectivity index (χ0v) is 17.1. The van der Waals surface area contributed by atoms with Crippen LogP contribution in [0, 0.1) is 5.92 Å². The summed E-state index contributed by atoms with van der Waals surface area (Å²) in [4.78, 5) is 0. The first-order valence-electron chi connectivity index (χ1n) is 9.80. The molecule has 0 aliphatic heterocycles. The summed E-state index contributed by atoms with van der Waals surface area (Å²) >= 11 is 0. The minimum Gasteiger partial charge on any atom is -0.508 e. The second-order valence-electron chi connectivity index (χ2n) is 7.42. The largest absolute Gasteiger partial charge is 0.508 e. The van der Waals surface area contributed by atoms with Gasteiger partial charge in [-0.15, -0.1) is 0 Å². The number of aliphatic hydroxyl groups is 2. The molecule has 6 N–H and O–H groups in total. The van der Waals surface area contributed by atoms with Gasteiger partial charge in [0.2, 0.25) is 0 Å². The normalized spacial score (nSPS) is 13.0. The van der Waals surface area contributed by atoms with Crippen LogP contribution in [0.15, 0.2) is 54.6 Å². The molecule has 0 fully saturated rings. The molecule has 31 heavy (non-hydrogen) atoms. The molecule has 0 saturated carbocycles. The van der Waals surface area contributed by atoms with Crippen LogP contribution in [0.25, 0.3) is 11.1 Å². The van der Waals surface area contributed by atoms with E-state index in [4.69, 9.17) is 4.74 Å². The lowest BCUT2D eigenvalue weighted by atomic mass is 9.81. The summed E-state index contributed by atoms with van der Waals surface area (Å²) in [6, 6.07) is 13.7. The lowest BCUT2D eigenvalue weighted by molar-refractivity contribution is 0.158. The summed E-state index contributed by atoms with van der Waals surface area (Å²) in [5, 5.41) is 59.7. The lowest BCUT2D eigenvalue weighted by Gasteiger charge is -2.26. The maximum atomic E-state index is 10.3. The molecule has 0 unspecified atom stereocenters. The van der Waals surface area contributed by atoms with Gasteiger partial charge in [0.05, 0.1) is 13.7 Å². The Bertz CT molecular complexity index is 1010. The number of hydrogen-bond donors (Lipinski definition) is 6. The van der Waals surface area contributed by atoms with Gasteiger partial charge in [0.1, 0.15) is 17.2 Å². The molecule has 3 aromatic rings. The van der Waals surface area contributed by atoms with Gasteiger partial charge in [0, 0.05) is 24.2 Å². The van der Waals surface area contributed by atoms with Gasteiger partial charge in [0.15, 0.2) is 11.5 Å². The third kappa shape index (κ3) is 4.84. The van der Waals surface area contributed by atoms with E-state index in [-0.39, 0.29) is 42.0 Å². The predicted octanol–water partition coefficient (Wildman–Crippen LogP) is 3.11. The fourth-order valence-electron chi connectivity index (χ4n) is 3.91. The molecule has 0 radical (unpaired) electrons. The topological polar surface area (TPSA) is 131 Å². The van der Waals surface area contributed by atoms with E-state index in [2.05, 4.69) is 0 Å². The maximum absolute atomic E-state index is 10.3. The lowest BCUT2D eigenvalue weighted by Crippen LogP contribution is -2.23. The Kier molecular flexibility index (Phi) is 6.89. The molecular formula is C24H26O7. The van der Waals surface area contributed by atoms with E-state index in [1.54, 1.807) is 18.2 Å². The fraction of sp³-hybridized carbons (Fsp3) is 0.250. The first-order valence-corrected chi connectivity index (χ1v) is 9.80. The molecular weight excluding hydrogens is 400 g/mol. The number of phenols is 4. The van der Waals surface area contributed by atoms with Gasteiger partial charge in [-0.3, -0.25) is 0 Å². The van der Waals surface area contributed by atoms with Crippen LogP contribution in [0.2, 0.25) is 0 Å². The fourth-order valence-corrected chi connectivity index (χ4v) is 3.91. The number of ether oxygens (including phenoxy) is 1. The minimum atomic E-state index is -0.560. The van der Waals surface area contributed by atoms with Crippen molar-refractivity contribution in [1.29, 1.82) is 0 Å². The van der Waals surface area contributed by atoms with E-state index < -0.39 is 11.8 Å². The Morgan fingerprint density at radius 3 is 1.97 bits per heavy atom. The summed E-state index contributed by atoms with van der Waals surface area (Å²) in [7, 11) is 1.44. The zero-order chi connectivity index (χ0) is 22.5. The first kappa shape index (κ1) is 22.3. The number of aromatic hydroxyl groups is 4. The predicted molar refractivity (Wildman–Crippen MR) is 116 cm³/mol. The van der Waals surface area contributed by atoms with Crippen LogP contribution in [0.5, 0.6) is 28.7 Å². The summed E-state index contributed by atoms with van der Waals surface area (Å²) in [6.45, 7) is -0.572. The van der Waals surface area contributed by atoms with Gasteiger partial charge < -0.3 is 35.4 Å². The summed E-state index contributed by atoms with van der Waals surface area (Å²) in [5.74, 6) is -0.988. The molecule has 0 heterocycles. The number of phenolic OH excluding ortho intramolecular Hbond substituents is 4. The van der Waals surface area contributed by atoms with E-state index in [1.165, 1.54) is 43.5 Å². The van der Waals surface area contributed by atoms with Gasteiger partial charge in [-0.1, -0.05) is 18.2 Å². The molecule has 7 nitrogen and oxygen atoms in total. The Labute approximate surface area is 180 Å². The summed E-state index contributed by atoms with van der Waals surface area (Å²) < 4.78 is 5.43. The van der Waals surface area contributed by atoms with E-state index in [0.29, 0.717) is 23.1 Å². The Morgan fingerprint density at radius 1 is 0.774 bits per heavy atom. The molecule has 7 heteroatoms. The molecule has 3 aromatic carbocycles. The average Bonchev–Trinajstić information content (AvgIpc) is 2.74. The number of methoxy groups -OCH3 is 1. The Hall–Kier alpha value is -3.42. The van der Waals surface area contributed by atoms with Gasteiger partial charge in [-0.05, 0) is 59.4 Å². The molecule has 0 saturated heterocycles. The van der Waals surface area contributed by atoms with Gasteiger partial charge in [-0.2, -0.15) is 0 Å². The second kappa shape index (κ2) is 9.59. The molecule has 0 aromatic heterocycles. The number of aliphatic hydroxyl groups excluding tert-OH is 2. The number of rotatable bonds is 8. The second-order valence-corrected chi connectivity index (χ2v) is 7.42. The summed E-state index contributed by atoms with van der Waals surface area (Å²) in [6.07, 6.45) is 0.311. The highest BCUT2D eigenvalue weighted by molar-refractivity contribution is 5.77. The van der Waals surface area contributed by atoms with Gasteiger partial charge in [-0.25, -0.2) is 0 Å². The van der Waals surface area contributed by atoms with Crippen LogP contribution in [0.4, 0.5) is 0 Å². The number of hydrogen-bond acceptors (Lipinski definition) is 7. The van der Waals surface area contributed by atoms with Crippen molar-refractivity contribution in [1.82, 2.24) is 0 Å². The van der Waals surface area contributed by atoms with Crippen molar-refractivity contribution in [2.75, 3.05) is 20.3 Å². The standard InChI is InChI=1S/C24H26O7/c1-31-24-22(30)7-4-15(23(24)14-2-5-18(27)6-3-14)8-17(12-25)21(13-26)16-9-19(28)11-20(29)10-16/h2-7,9-11,17,21,25-30H,8,12-13H2,1H3/t17-,21-/m1/s1. The van der Waals surface area contributed by atoms with Crippen molar-refractivity contribution in [3.8, 4) is 39.9 Å². The quantitative estimate of drug-likeness (QED) is 0.326. The van der Waals surface area contributed by atoms with Crippen LogP contribution in [0.3, 0.4) is 0 Å². The average molecular weight is 426 g/mol. The van der Waals surface area contributed by atoms with E-state index in [1.807, 2.05) is 0 Å². The third-order valence-corrected chi connectivity index (χ3v) is 5.42. The molecule has 2 atom stereocenters. The Balaban J connectivity index is 2.06. The molecule has 3 rings (SSSR count). The highest BCUT2D eigenvalue weighted by Gasteiger charge is 2.26. The van der Waals surface area contributed by atoms with Crippen molar-refractivity contribution in [2.45, 2.75) is 12.3 Å². The molecule has 0 amide bonds. The van der Waals surface area contributed by atoms with Gasteiger partial charge >= 0.3 is 0 Å². The smallest absolute Gasteiger partial charge is 0.168 e. The van der Waals surface area contributed by atoms with Crippen LogP contribution in [-0.2, 0) is 6.42 Å². The van der Waals surface area contributed by atoms with Crippen molar-refractivity contribution < 1.29 is 35.4 Å². The van der Waals surface area contributed by atoms with E-state index in [0.717, 1.165) is 5.56 Å². The first-order chi connectivity index (χ1) is 14.9. The maximum Gasteiger partial charge on any atom is 0.168 e. The van der Waals surface area contributed by atoms with Crippen molar-refractivity contribution in [3.05, 3.63) is 65.7 Å². The van der Waals surface area contributed by atoms with Crippen LogP contribution in [0.1, 0.15) is 17.0 Å². The monoisotopic (exact) mass is 426 g/mol. The van der Waals surface area contributed by atoms with Crippen molar-refractivity contribution in [3.63, 3.8) is 0 Å². The highest BCUT2D eigenvalue weighted by atomic mass is 16.5. The van der Waals surface area contributed by atoms with Crippen LogP contribution < -0.4 is 4.74 Å². The third-order valence-electron chi connectivity index (χ3n) is 5.42. The molecule has 0 aliphatic carbocycles. The SMILES string of the molecule is COc1c(O)ccc(C[C@H](CO)[C@H](CO)c2cc(O)cc(O)c2)c1-c1ccc(O)cc1. The minimum absolute atomic E-state index is 0.0496. The zero-order valence-electron chi connectivity index (χ0n) is 17.1. The van der Waals surface area contributed by atoms with E-state index >= 15 is 0 Å². The Morgan fingerprint density at radius 2 is 1.42 bits per heavy atom. The number of benzene rings is 3. The van der Waals surface area contributed by atoms with Crippen molar-refractivity contribution >= 4 is 0 Å². The molecule has 164 valence electrons.